The molecule has 0 bridgehead atoms. The van der Waals surface area contributed by atoms with E-state index in [-0.39, 0.29) is 0 Å². The quantitative estimate of drug-likeness (QED) is 0.823. The number of hydrogen-bond acceptors (Lipinski definition) is 1. The van der Waals surface area contributed by atoms with E-state index in [9.17, 15) is 0 Å². The Kier molecular flexibility index (Phi) is 3.65. The van der Waals surface area contributed by atoms with Gasteiger partial charge < -0.3 is 5.73 Å². The first-order valence-electron chi connectivity index (χ1n) is 6.49. The lowest BCUT2D eigenvalue weighted by Crippen LogP contribution is -2.30. The topological polar surface area (TPSA) is 26.0 Å². The van der Waals surface area contributed by atoms with Crippen LogP contribution in [0.4, 0.5) is 0 Å². The summed E-state index contributed by atoms with van der Waals surface area (Å²) in [5, 5.41) is 0. The Labute approximate surface area is 99.0 Å². The van der Waals surface area contributed by atoms with E-state index in [4.69, 9.17) is 5.73 Å². The second-order valence-electron chi connectivity index (χ2n) is 5.57. The molecule has 1 aliphatic rings. The fourth-order valence-corrected chi connectivity index (χ4v) is 2.66. The smallest absolute Gasteiger partial charge is 0.00736 e. The maximum Gasteiger partial charge on any atom is 0.00736 e. The third-order valence-corrected chi connectivity index (χ3v) is 3.77. The first-order chi connectivity index (χ1) is 7.66. The maximum absolute atomic E-state index is 6.31. The van der Waals surface area contributed by atoms with Crippen LogP contribution in [0.2, 0.25) is 0 Å². The van der Waals surface area contributed by atoms with Gasteiger partial charge in [0.15, 0.2) is 0 Å². The van der Waals surface area contributed by atoms with E-state index >= 15 is 0 Å². The number of rotatable bonds is 4. The summed E-state index contributed by atoms with van der Waals surface area (Å²) in [5.41, 5.74) is 9.35. The molecule has 0 amide bonds. The minimum absolute atomic E-state index is 0.384. The maximum atomic E-state index is 6.31. The minimum Gasteiger partial charge on any atom is -0.327 e. The van der Waals surface area contributed by atoms with Crippen molar-refractivity contribution in [3.8, 4) is 0 Å². The molecule has 88 valence electrons. The van der Waals surface area contributed by atoms with E-state index in [0.29, 0.717) is 12.0 Å². The molecule has 1 atom stereocenters. The Morgan fingerprint density at radius 2 is 1.69 bits per heavy atom. The van der Waals surface area contributed by atoms with Gasteiger partial charge in [0.05, 0.1) is 0 Å². The first kappa shape index (κ1) is 11.7. The Balaban J connectivity index is 1.90. The van der Waals surface area contributed by atoms with Crippen molar-refractivity contribution < 1.29 is 0 Å². The molecule has 16 heavy (non-hydrogen) atoms. The number of fused-ring (bicyclic) bond motifs is 1. The summed E-state index contributed by atoms with van der Waals surface area (Å²) >= 11 is 0. The Morgan fingerprint density at radius 1 is 1.12 bits per heavy atom. The van der Waals surface area contributed by atoms with Crippen molar-refractivity contribution in [1.29, 1.82) is 0 Å². The van der Waals surface area contributed by atoms with Gasteiger partial charge in [0, 0.05) is 6.04 Å². The predicted molar refractivity (Wildman–Crippen MR) is 69.4 cm³/mol. The standard InChI is InChI=1S/C15H23N/c1-11(2)7-8-15(16)14-9-12-5-3-4-6-13(12)10-14/h3-6,11,14-15H,7-10,16H2,1-2H3. The van der Waals surface area contributed by atoms with Crippen LogP contribution in [0, 0.1) is 11.8 Å². The monoisotopic (exact) mass is 217 g/mol. The van der Waals surface area contributed by atoms with Gasteiger partial charge >= 0.3 is 0 Å². The zero-order chi connectivity index (χ0) is 11.5. The molecule has 2 rings (SSSR count). The highest BCUT2D eigenvalue weighted by Gasteiger charge is 2.25. The summed E-state index contributed by atoms with van der Waals surface area (Å²) < 4.78 is 0. The largest absolute Gasteiger partial charge is 0.327 e. The van der Waals surface area contributed by atoms with Crippen LogP contribution in [-0.4, -0.2) is 6.04 Å². The summed E-state index contributed by atoms with van der Waals surface area (Å²) in [6, 6.07) is 9.17. The highest BCUT2D eigenvalue weighted by Crippen LogP contribution is 2.29. The van der Waals surface area contributed by atoms with Crippen LogP contribution in [0.25, 0.3) is 0 Å². The molecule has 0 aromatic heterocycles. The fraction of sp³-hybridized carbons (Fsp3) is 0.600. The van der Waals surface area contributed by atoms with Crippen LogP contribution in [0.3, 0.4) is 0 Å². The lowest BCUT2D eigenvalue weighted by molar-refractivity contribution is 0.385. The molecule has 0 radical (unpaired) electrons. The lowest BCUT2D eigenvalue weighted by Gasteiger charge is -2.19. The molecule has 1 aromatic rings. The van der Waals surface area contributed by atoms with Crippen molar-refractivity contribution in [2.45, 2.75) is 45.6 Å². The van der Waals surface area contributed by atoms with Crippen LogP contribution < -0.4 is 5.73 Å². The van der Waals surface area contributed by atoms with Gasteiger partial charge in [-0.3, -0.25) is 0 Å². The summed E-state index contributed by atoms with van der Waals surface area (Å²) in [5.74, 6) is 1.45. The van der Waals surface area contributed by atoms with Crippen LogP contribution in [0.15, 0.2) is 24.3 Å². The van der Waals surface area contributed by atoms with E-state index in [0.717, 1.165) is 5.92 Å². The third kappa shape index (κ3) is 2.65. The Morgan fingerprint density at radius 3 is 2.19 bits per heavy atom. The summed E-state index contributed by atoms with van der Waals surface area (Å²) in [4.78, 5) is 0. The molecule has 1 unspecified atom stereocenters. The van der Waals surface area contributed by atoms with Gasteiger partial charge in [0.1, 0.15) is 0 Å². The molecule has 1 aliphatic carbocycles. The van der Waals surface area contributed by atoms with Crippen LogP contribution >= 0.6 is 0 Å². The molecule has 0 saturated carbocycles. The molecular weight excluding hydrogens is 194 g/mol. The van der Waals surface area contributed by atoms with Crippen molar-refractivity contribution in [2.24, 2.45) is 17.6 Å². The number of nitrogens with two attached hydrogens (primary N) is 1. The van der Waals surface area contributed by atoms with E-state index in [1.54, 1.807) is 0 Å². The van der Waals surface area contributed by atoms with Gasteiger partial charge in [0.2, 0.25) is 0 Å². The van der Waals surface area contributed by atoms with E-state index in [1.807, 2.05) is 0 Å². The summed E-state index contributed by atoms with van der Waals surface area (Å²) in [6.07, 6.45) is 4.81. The predicted octanol–water partition coefficient (Wildman–Crippen LogP) is 3.16. The molecular formula is C15H23N. The highest BCUT2D eigenvalue weighted by atomic mass is 14.7. The van der Waals surface area contributed by atoms with Gasteiger partial charge in [-0.1, -0.05) is 38.1 Å². The zero-order valence-corrected chi connectivity index (χ0v) is 10.4. The number of hydrogen-bond donors (Lipinski definition) is 1. The lowest BCUT2D eigenvalue weighted by atomic mass is 9.91. The molecule has 0 aliphatic heterocycles. The molecule has 0 spiro atoms. The Hall–Kier alpha value is -0.820. The van der Waals surface area contributed by atoms with Crippen LogP contribution in [-0.2, 0) is 12.8 Å². The van der Waals surface area contributed by atoms with Crippen molar-refractivity contribution in [1.82, 2.24) is 0 Å². The summed E-state index contributed by atoms with van der Waals surface area (Å²) in [6.45, 7) is 4.55. The molecule has 1 aromatic carbocycles. The van der Waals surface area contributed by atoms with Crippen molar-refractivity contribution in [3.05, 3.63) is 35.4 Å². The van der Waals surface area contributed by atoms with Crippen LogP contribution in [0.1, 0.15) is 37.8 Å². The normalized spacial score (nSPS) is 17.8. The second kappa shape index (κ2) is 5.01. The van der Waals surface area contributed by atoms with E-state index in [2.05, 4.69) is 38.1 Å². The van der Waals surface area contributed by atoms with Gasteiger partial charge in [-0.05, 0) is 48.6 Å². The zero-order valence-electron chi connectivity index (χ0n) is 10.4. The average molecular weight is 217 g/mol. The van der Waals surface area contributed by atoms with Gasteiger partial charge in [0.25, 0.3) is 0 Å². The van der Waals surface area contributed by atoms with E-state index < -0.39 is 0 Å². The molecule has 0 fully saturated rings. The average Bonchev–Trinajstić information content (AvgIpc) is 2.69. The third-order valence-electron chi connectivity index (χ3n) is 3.77. The molecule has 1 nitrogen and oxygen atoms in total. The SMILES string of the molecule is CC(C)CCC(N)C1Cc2ccccc2C1. The molecule has 2 N–H and O–H groups in total. The number of benzene rings is 1. The van der Waals surface area contributed by atoms with Crippen molar-refractivity contribution in [3.63, 3.8) is 0 Å². The molecule has 0 saturated heterocycles. The highest BCUT2D eigenvalue weighted by molar-refractivity contribution is 5.32. The van der Waals surface area contributed by atoms with Crippen LogP contribution in [0.5, 0.6) is 0 Å². The van der Waals surface area contributed by atoms with Crippen molar-refractivity contribution >= 4 is 0 Å². The molecule has 0 heterocycles. The van der Waals surface area contributed by atoms with Crippen molar-refractivity contribution in [2.75, 3.05) is 0 Å². The van der Waals surface area contributed by atoms with Gasteiger partial charge in [-0.2, -0.15) is 0 Å². The Bertz CT molecular complexity index is 318. The summed E-state index contributed by atoms with van der Waals surface area (Å²) in [7, 11) is 0. The van der Waals surface area contributed by atoms with Gasteiger partial charge in [-0.15, -0.1) is 0 Å². The van der Waals surface area contributed by atoms with Gasteiger partial charge in [-0.25, -0.2) is 0 Å². The second-order valence-corrected chi connectivity index (χ2v) is 5.57. The molecule has 1 heteroatoms. The van der Waals surface area contributed by atoms with E-state index in [1.165, 1.54) is 36.8 Å². The minimum atomic E-state index is 0.384. The first-order valence-corrected chi connectivity index (χ1v) is 6.49. The fourth-order valence-electron chi connectivity index (χ4n) is 2.66.